The Morgan fingerprint density at radius 1 is 1.67 bits per heavy atom. The second-order valence-electron chi connectivity index (χ2n) is 4.15. The van der Waals surface area contributed by atoms with Gasteiger partial charge >= 0.3 is 5.97 Å². The first-order valence-corrected chi connectivity index (χ1v) is 5.66. The molecular formula is C11H14N2O5. The molecule has 1 aliphatic rings. The molecular weight excluding hydrogens is 240 g/mol. The van der Waals surface area contributed by atoms with Crippen LogP contribution in [0.15, 0.2) is 10.6 Å². The van der Waals surface area contributed by atoms with Gasteiger partial charge in [0.15, 0.2) is 6.61 Å². The Labute approximate surface area is 103 Å². The van der Waals surface area contributed by atoms with Crippen LogP contribution in [0, 0.1) is 6.92 Å². The highest BCUT2D eigenvalue weighted by atomic mass is 16.5. The molecule has 0 saturated carbocycles. The van der Waals surface area contributed by atoms with Crippen molar-refractivity contribution in [3.63, 3.8) is 0 Å². The molecule has 2 rings (SSSR count). The van der Waals surface area contributed by atoms with Crippen molar-refractivity contribution in [3.05, 3.63) is 11.8 Å². The normalized spacial score (nSPS) is 18.9. The maximum absolute atomic E-state index is 11.8. The predicted molar refractivity (Wildman–Crippen MR) is 59.1 cm³/mol. The molecule has 1 aromatic heterocycles. The molecule has 0 spiro atoms. The van der Waals surface area contributed by atoms with Crippen LogP contribution in [0.1, 0.15) is 18.6 Å². The van der Waals surface area contributed by atoms with Crippen molar-refractivity contribution in [2.75, 3.05) is 13.2 Å². The van der Waals surface area contributed by atoms with Crippen LogP contribution in [0.4, 0.5) is 0 Å². The standard InChI is InChI=1S/C11H14N2O5/c1-7-5-9(12-18-7)17-6-10(14)13-4-2-3-8(13)11(15)16/h5,8H,2-4,6H2,1H3,(H,15,16)/t8-/m0/s1. The number of carbonyl (C=O) groups is 2. The number of hydrogen-bond acceptors (Lipinski definition) is 5. The smallest absolute Gasteiger partial charge is 0.326 e. The molecule has 7 nitrogen and oxygen atoms in total. The molecule has 0 aromatic carbocycles. The minimum Gasteiger partial charge on any atom is -0.480 e. The Bertz CT molecular complexity index is 456. The van der Waals surface area contributed by atoms with E-state index in [9.17, 15) is 9.59 Å². The molecule has 1 amide bonds. The lowest BCUT2D eigenvalue weighted by Crippen LogP contribution is -2.42. The van der Waals surface area contributed by atoms with Gasteiger partial charge in [0.25, 0.3) is 11.8 Å². The maximum atomic E-state index is 11.8. The molecule has 1 aromatic rings. The summed E-state index contributed by atoms with van der Waals surface area (Å²) in [6.45, 7) is 1.94. The van der Waals surface area contributed by atoms with Crippen LogP contribution in [0.2, 0.25) is 0 Å². The summed E-state index contributed by atoms with van der Waals surface area (Å²) >= 11 is 0. The van der Waals surface area contributed by atoms with Gasteiger partial charge in [-0.05, 0) is 24.9 Å². The number of amides is 1. The van der Waals surface area contributed by atoms with Crippen LogP contribution < -0.4 is 4.74 Å². The topological polar surface area (TPSA) is 92.9 Å². The molecule has 2 heterocycles. The summed E-state index contributed by atoms with van der Waals surface area (Å²) in [5.74, 6) is -0.507. The first kappa shape index (κ1) is 12.4. The summed E-state index contributed by atoms with van der Waals surface area (Å²) in [6.07, 6.45) is 1.19. The lowest BCUT2D eigenvalue weighted by atomic mass is 10.2. The number of likely N-dealkylation sites (tertiary alicyclic amines) is 1. The third-order valence-electron chi connectivity index (χ3n) is 2.81. The molecule has 0 unspecified atom stereocenters. The van der Waals surface area contributed by atoms with Crippen LogP contribution in [-0.2, 0) is 9.59 Å². The van der Waals surface area contributed by atoms with E-state index < -0.39 is 12.0 Å². The Morgan fingerprint density at radius 3 is 3.06 bits per heavy atom. The fraction of sp³-hybridized carbons (Fsp3) is 0.545. The van der Waals surface area contributed by atoms with Crippen molar-refractivity contribution in [2.45, 2.75) is 25.8 Å². The van der Waals surface area contributed by atoms with Gasteiger partial charge < -0.3 is 19.3 Å². The average molecular weight is 254 g/mol. The fourth-order valence-corrected chi connectivity index (χ4v) is 1.95. The molecule has 7 heteroatoms. The highest BCUT2D eigenvalue weighted by molar-refractivity contribution is 5.85. The molecule has 0 radical (unpaired) electrons. The summed E-state index contributed by atoms with van der Waals surface area (Å²) < 4.78 is 9.93. The molecule has 1 aliphatic heterocycles. The highest BCUT2D eigenvalue weighted by Gasteiger charge is 2.34. The number of aromatic nitrogens is 1. The minimum absolute atomic E-state index is 0.226. The first-order chi connectivity index (χ1) is 8.58. The summed E-state index contributed by atoms with van der Waals surface area (Å²) in [5, 5.41) is 12.5. The third-order valence-corrected chi connectivity index (χ3v) is 2.81. The van der Waals surface area contributed by atoms with E-state index in [4.69, 9.17) is 14.4 Å². The molecule has 98 valence electrons. The van der Waals surface area contributed by atoms with E-state index in [1.807, 2.05) is 0 Å². The van der Waals surface area contributed by atoms with Gasteiger partial charge in [-0.1, -0.05) is 0 Å². The molecule has 1 N–H and O–H groups in total. The number of rotatable bonds is 4. The monoisotopic (exact) mass is 254 g/mol. The van der Waals surface area contributed by atoms with Gasteiger partial charge in [-0.25, -0.2) is 4.79 Å². The zero-order valence-electron chi connectivity index (χ0n) is 9.96. The van der Waals surface area contributed by atoms with Crippen LogP contribution in [0.25, 0.3) is 0 Å². The largest absolute Gasteiger partial charge is 0.480 e. The average Bonchev–Trinajstić information content (AvgIpc) is 2.94. The first-order valence-electron chi connectivity index (χ1n) is 5.66. The van der Waals surface area contributed by atoms with Crippen LogP contribution in [0.5, 0.6) is 5.88 Å². The highest BCUT2D eigenvalue weighted by Crippen LogP contribution is 2.18. The van der Waals surface area contributed by atoms with Crippen molar-refractivity contribution in [1.29, 1.82) is 0 Å². The second-order valence-corrected chi connectivity index (χ2v) is 4.15. The molecule has 1 saturated heterocycles. The number of nitrogens with zero attached hydrogens (tertiary/aromatic N) is 2. The Hall–Kier alpha value is -2.05. The van der Waals surface area contributed by atoms with Crippen LogP contribution >= 0.6 is 0 Å². The van der Waals surface area contributed by atoms with Crippen LogP contribution in [0.3, 0.4) is 0 Å². The number of hydrogen-bond donors (Lipinski definition) is 1. The van der Waals surface area contributed by atoms with Crippen molar-refractivity contribution in [3.8, 4) is 5.88 Å². The number of carboxylic acids is 1. The van der Waals surface area contributed by atoms with E-state index in [0.717, 1.165) is 0 Å². The predicted octanol–water partition coefficient (Wildman–Crippen LogP) is 0.437. The summed E-state index contributed by atoms with van der Waals surface area (Å²) in [6, 6.07) is 0.825. The fourth-order valence-electron chi connectivity index (χ4n) is 1.95. The zero-order chi connectivity index (χ0) is 13.1. The van der Waals surface area contributed by atoms with Crippen LogP contribution in [-0.4, -0.2) is 46.2 Å². The minimum atomic E-state index is -0.974. The molecule has 0 aliphatic carbocycles. The van der Waals surface area contributed by atoms with Gasteiger partial charge in [-0.3, -0.25) is 4.79 Å². The van der Waals surface area contributed by atoms with E-state index in [-0.39, 0.29) is 18.4 Å². The van der Waals surface area contributed by atoms with Gasteiger partial charge in [0.1, 0.15) is 11.8 Å². The van der Waals surface area contributed by atoms with Crippen molar-refractivity contribution in [1.82, 2.24) is 10.1 Å². The Balaban J connectivity index is 1.89. The Morgan fingerprint density at radius 2 is 2.44 bits per heavy atom. The van der Waals surface area contributed by atoms with E-state index in [0.29, 0.717) is 25.1 Å². The number of ether oxygens (including phenoxy) is 1. The van der Waals surface area contributed by atoms with E-state index in [2.05, 4.69) is 5.16 Å². The molecule has 1 atom stereocenters. The number of aryl methyl sites for hydroxylation is 1. The second kappa shape index (κ2) is 5.07. The summed E-state index contributed by atoms with van der Waals surface area (Å²) in [4.78, 5) is 24.1. The third kappa shape index (κ3) is 2.61. The van der Waals surface area contributed by atoms with Gasteiger partial charge in [0.05, 0.1) is 0 Å². The van der Waals surface area contributed by atoms with Crippen molar-refractivity contribution < 1.29 is 24.0 Å². The van der Waals surface area contributed by atoms with E-state index in [1.165, 1.54) is 4.90 Å². The Kier molecular flexibility index (Phi) is 3.50. The van der Waals surface area contributed by atoms with Gasteiger partial charge in [-0.15, -0.1) is 0 Å². The van der Waals surface area contributed by atoms with Gasteiger partial charge in [-0.2, -0.15) is 0 Å². The molecule has 18 heavy (non-hydrogen) atoms. The number of carboxylic acid groups (broad SMARTS) is 1. The van der Waals surface area contributed by atoms with Crippen molar-refractivity contribution in [2.24, 2.45) is 0 Å². The maximum Gasteiger partial charge on any atom is 0.326 e. The SMILES string of the molecule is Cc1cc(OCC(=O)N2CCC[C@H]2C(=O)O)no1. The lowest BCUT2D eigenvalue weighted by Gasteiger charge is -2.20. The van der Waals surface area contributed by atoms with E-state index >= 15 is 0 Å². The zero-order valence-corrected chi connectivity index (χ0v) is 9.96. The van der Waals surface area contributed by atoms with Gasteiger partial charge in [0.2, 0.25) is 0 Å². The van der Waals surface area contributed by atoms with E-state index in [1.54, 1.807) is 13.0 Å². The number of aliphatic carboxylic acids is 1. The summed E-state index contributed by atoms with van der Waals surface area (Å²) in [7, 11) is 0. The number of carbonyl (C=O) groups excluding carboxylic acids is 1. The molecule has 0 bridgehead atoms. The quantitative estimate of drug-likeness (QED) is 0.837. The van der Waals surface area contributed by atoms with Gasteiger partial charge in [0, 0.05) is 12.6 Å². The summed E-state index contributed by atoms with van der Waals surface area (Å²) in [5.41, 5.74) is 0. The lowest BCUT2D eigenvalue weighted by molar-refractivity contribution is -0.149. The van der Waals surface area contributed by atoms with Crippen molar-refractivity contribution >= 4 is 11.9 Å². The molecule has 1 fully saturated rings.